The average molecular weight is 238 g/mol. The lowest BCUT2D eigenvalue weighted by Crippen LogP contribution is -2.01. The van der Waals surface area contributed by atoms with Crippen LogP contribution in [0.4, 0.5) is 0 Å². The molecule has 0 atom stereocenters. The van der Waals surface area contributed by atoms with E-state index in [2.05, 4.69) is 32.4 Å². The third kappa shape index (κ3) is 1.59. The Kier molecular flexibility index (Phi) is 2.96. The van der Waals surface area contributed by atoms with E-state index in [4.69, 9.17) is 11.6 Å². The van der Waals surface area contributed by atoms with Crippen molar-refractivity contribution in [1.29, 1.82) is 0 Å². The maximum absolute atomic E-state index is 5.69. The largest absolute Gasteiger partial charge is 0.330 e. The van der Waals surface area contributed by atoms with Gasteiger partial charge in [0.2, 0.25) is 0 Å². The Morgan fingerprint density at radius 2 is 2.27 bits per heavy atom. The molecule has 1 aromatic heterocycles. The second-order valence-electron chi connectivity index (χ2n) is 2.28. The molecule has 0 saturated heterocycles. The summed E-state index contributed by atoms with van der Waals surface area (Å²) in [5.74, 6) is 1.40. The number of imidazole rings is 1. The summed E-state index contributed by atoms with van der Waals surface area (Å²) in [5.41, 5.74) is 1.14. The monoisotopic (exact) mass is 236 g/mol. The molecule has 1 aromatic rings. The van der Waals surface area contributed by atoms with Gasteiger partial charge in [0.25, 0.3) is 0 Å². The second kappa shape index (κ2) is 3.59. The minimum Gasteiger partial charge on any atom is -0.330 e. The maximum atomic E-state index is 5.69. The average Bonchev–Trinajstić information content (AvgIpc) is 2.28. The molecule has 0 spiro atoms. The third-order valence-corrected chi connectivity index (χ3v) is 2.67. The summed E-state index contributed by atoms with van der Waals surface area (Å²) in [6, 6.07) is 0. The highest BCUT2D eigenvalue weighted by Crippen LogP contribution is 2.17. The van der Waals surface area contributed by atoms with E-state index < -0.39 is 0 Å². The first-order valence-electron chi connectivity index (χ1n) is 3.48. The van der Waals surface area contributed by atoms with Crippen molar-refractivity contribution in [1.82, 2.24) is 9.55 Å². The first kappa shape index (κ1) is 9.07. The molecule has 0 fully saturated rings. The lowest BCUT2D eigenvalue weighted by Gasteiger charge is -2.02. The van der Waals surface area contributed by atoms with Gasteiger partial charge in [-0.3, -0.25) is 0 Å². The topological polar surface area (TPSA) is 17.8 Å². The van der Waals surface area contributed by atoms with Crippen molar-refractivity contribution in [3.8, 4) is 0 Å². The van der Waals surface area contributed by atoms with Crippen LogP contribution in [0, 0.1) is 6.92 Å². The normalized spacial score (nSPS) is 10.5. The molecule has 2 nitrogen and oxygen atoms in total. The Morgan fingerprint density at radius 1 is 1.64 bits per heavy atom. The minimum absolute atomic E-state index is 0.473. The van der Waals surface area contributed by atoms with Crippen LogP contribution in [0.3, 0.4) is 0 Å². The molecule has 0 aliphatic rings. The molecule has 0 radical (unpaired) electrons. The summed E-state index contributed by atoms with van der Waals surface area (Å²) < 4.78 is 2.99. The summed E-state index contributed by atoms with van der Waals surface area (Å²) in [5, 5.41) is 0. The highest BCUT2D eigenvalue weighted by molar-refractivity contribution is 9.10. The van der Waals surface area contributed by atoms with Gasteiger partial charge in [0.15, 0.2) is 0 Å². The van der Waals surface area contributed by atoms with E-state index in [1.54, 1.807) is 0 Å². The van der Waals surface area contributed by atoms with Crippen LogP contribution in [0.15, 0.2) is 4.60 Å². The van der Waals surface area contributed by atoms with Gasteiger partial charge in [0.1, 0.15) is 10.4 Å². The van der Waals surface area contributed by atoms with Crippen LogP contribution in [-0.4, -0.2) is 9.55 Å². The Bertz CT molecular complexity index is 257. The van der Waals surface area contributed by atoms with Crippen molar-refractivity contribution in [3.05, 3.63) is 16.1 Å². The zero-order chi connectivity index (χ0) is 8.43. The van der Waals surface area contributed by atoms with Gasteiger partial charge >= 0.3 is 0 Å². The smallest absolute Gasteiger partial charge is 0.127 e. The molecule has 62 valence electrons. The number of nitrogens with zero attached hydrogens (tertiary/aromatic N) is 2. The van der Waals surface area contributed by atoms with E-state index >= 15 is 0 Å². The summed E-state index contributed by atoms with van der Waals surface area (Å²) in [6.45, 7) is 5.03. The van der Waals surface area contributed by atoms with Crippen LogP contribution >= 0.6 is 27.5 Å². The quantitative estimate of drug-likeness (QED) is 0.723. The molecule has 0 aliphatic heterocycles. The van der Waals surface area contributed by atoms with E-state index in [0.29, 0.717) is 5.88 Å². The second-order valence-corrected chi connectivity index (χ2v) is 3.30. The minimum atomic E-state index is 0.473. The van der Waals surface area contributed by atoms with Crippen LogP contribution in [0.5, 0.6) is 0 Å². The zero-order valence-corrected chi connectivity index (χ0v) is 8.91. The number of hydrogen-bond donors (Lipinski definition) is 0. The molecule has 0 bridgehead atoms. The lowest BCUT2D eigenvalue weighted by molar-refractivity contribution is 0.703. The van der Waals surface area contributed by atoms with Gasteiger partial charge in [-0.15, -0.1) is 11.6 Å². The summed E-state index contributed by atoms with van der Waals surface area (Å²) >= 11 is 9.05. The summed E-state index contributed by atoms with van der Waals surface area (Å²) in [7, 11) is 0. The molecule has 0 aliphatic carbocycles. The van der Waals surface area contributed by atoms with Crippen molar-refractivity contribution >= 4 is 27.5 Å². The first-order chi connectivity index (χ1) is 5.20. The maximum Gasteiger partial charge on any atom is 0.127 e. The Labute approximate surface area is 79.7 Å². The molecular formula is C7H10BrClN2. The number of alkyl halides is 1. The van der Waals surface area contributed by atoms with Gasteiger partial charge in [-0.05, 0) is 29.8 Å². The van der Waals surface area contributed by atoms with Crippen molar-refractivity contribution in [2.24, 2.45) is 0 Å². The predicted molar refractivity (Wildman–Crippen MR) is 49.9 cm³/mol. The molecular weight excluding hydrogens is 227 g/mol. The summed E-state index contributed by atoms with van der Waals surface area (Å²) in [6.07, 6.45) is 0. The van der Waals surface area contributed by atoms with Crippen LogP contribution in [0.25, 0.3) is 0 Å². The Morgan fingerprint density at radius 3 is 2.64 bits per heavy atom. The van der Waals surface area contributed by atoms with E-state index in [9.17, 15) is 0 Å². The van der Waals surface area contributed by atoms with E-state index in [1.807, 2.05) is 6.92 Å². The Balaban J connectivity index is 3.15. The molecule has 0 amide bonds. The third-order valence-electron chi connectivity index (χ3n) is 1.68. The van der Waals surface area contributed by atoms with Crippen molar-refractivity contribution in [3.63, 3.8) is 0 Å². The SMILES string of the molecule is CCn1c(CCl)nc(Br)c1C. The molecule has 1 heterocycles. The van der Waals surface area contributed by atoms with Crippen molar-refractivity contribution in [2.45, 2.75) is 26.3 Å². The molecule has 4 heteroatoms. The van der Waals surface area contributed by atoms with E-state index in [-0.39, 0.29) is 0 Å². The van der Waals surface area contributed by atoms with Gasteiger partial charge in [-0.25, -0.2) is 4.98 Å². The zero-order valence-electron chi connectivity index (χ0n) is 6.56. The number of rotatable bonds is 2. The fourth-order valence-corrected chi connectivity index (χ4v) is 1.70. The van der Waals surface area contributed by atoms with Crippen LogP contribution < -0.4 is 0 Å². The highest BCUT2D eigenvalue weighted by Gasteiger charge is 2.08. The molecule has 0 N–H and O–H groups in total. The van der Waals surface area contributed by atoms with E-state index in [0.717, 1.165) is 22.7 Å². The van der Waals surface area contributed by atoms with Gasteiger partial charge < -0.3 is 4.57 Å². The molecule has 1 rings (SSSR count). The van der Waals surface area contributed by atoms with Crippen LogP contribution in [-0.2, 0) is 12.4 Å². The molecule has 0 saturated carbocycles. The van der Waals surface area contributed by atoms with Crippen molar-refractivity contribution < 1.29 is 0 Å². The predicted octanol–water partition coefficient (Wildman–Crippen LogP) is 2.71. The van der Waals surface area contributed by atoms with Gasteiger partial charge in [-0.1, -0.05) is 0 Å². The standard InChI is InChI=1S/C7H10BrClN2/c1-3-11-5(2)7(8)10-6(11)4-9/h3-4H2,1-2H3. The summed E-state index contributed by atoms with van der Waals surface area (Å²) in [4.78, 5) is 4.25. The van der Waals surface area contributed by atoms with Crippen molar-refractivity contribution in [2.75, 3.05) is 0 Å². The van der Waals surface area contributed by atoms with Crippen LogP contribution in [0.2, 0.25) is 0 Å². The first-order valence-corrected chi connectivity index (χ1v) is 4.81. The fraction of sp³-hybridized carbons (Fsp3) is 0.571. The number of halogens is 2. The van der Waals surface area contributed by atoms with E-state index in [1.165, 1.54) is 0 Å². The van der Waals surface area contributed by atoms with Gasteiger partial charge in [0.05, 0.1) is 5.88 Å². The molecule has 0 unspecified atom stereocenters. The number of hydrogen-bond acceptors (Lipinski definition) is 1. The van der Waals surface area contributed by atoms with Gasteiger partial charge in [0, 0.05) is 12.2 Å². The Hall–Kier alpha value is -0.0200. The molecule has 0 aromatic carbocycles. The highest BCUT2D eigenvalue weighted by atomic mass is 79.9. The lowest BCUT2D eigenvalue weighted by atomic mass is 10.5. The molecule has 11 heavy (non-hydrogen) atoms. The van der Waals surface area contributed by atoms with Gasteiger partial charge in [-0.2, -0.15) is 0 Å². The fourth-order valence-electron chi connectivity index (χ4n) is 1.08. The number of aromatic nitrogens is 2. The van der Waals surface area contributed by atoms with Crippen LogP contribution in [0.1, 0.15) is 18.4 Å².